The van der Waals surface area contributed by atoms with Crippen LogP contribution in [0.3, 0.4) is 0 Å². The highest BCUT2D eigenvalue weighted by molar-refractivity contribution is 6.39. The Morgan fingerprint density at radius 1 is 1.20 bits per heavy atom. The first-order valence-electron chi connectivity index (χ1n) is 9.87. The Morgan fingerprint density at radius 3 is 2.67 bits per heavy atom. The van der Waals surface area contributed by atoms with Crippen molar-refractivity contribution in [3.05, 3.63) is 65.0 Å². The number of benzene rings is 2. The molecule has 8 heteroatoms. The summed E-state index contributed by atoms with van der Waals surface area (Å²) in [7, 11) is 1.59. The number of hydrogen-bond acceptors (Lipinski definition) is 3. The summed E-state index contributed by atoms with van der Waals surface area (Å²) in [6.45, 7) is 2.34. The third-order valence-corrected chi connectivity index (χ3v) is 5.31. The van der Waals surface area contributed by atoms with Crippen molar-refractivity contribution in [2.24, 2.45) is 16.6 Å². The van der Waals surface area contributed by atoms with E-state index in [1.165, 1.54) is 6.07 Å². The summed E-state index contributed by atoms with van der Waals surface area (Å²) in [6.07, 6.45) is 1.28. The second kappa shape index (κ2) is 9.39. The van der Waals surface area contributed by atoms with Crippen LogP contribution in [-0.4, -0.2) is 31.4 Å². The number of carbonyl (C=O) groups is 2. The van der Waals surface area contributed by atoms with Crippen LogP contribution < -0.4 is 21.7 Å². The zero-order valence-corrected chi connectivity index (χ0v) is 17.0. The van der Waals surface area contributed by atoms with Gasteiger partial charge in [0.2, 0.25) is 0 Å². The lowest BCUT2D eigenvalue weighted by atomic mass is 10.0. The van der Waals surface area contributed by atoms with Crippen molar-refractivity contribution in [1.82, 2.24) is 10.6 Å². The number of carbonyl (C=O) groups excluding carboxylic acids is 2. The van der Waals surface area contributed by atoms with Gasteiger partial charge in [0, 0.05) is 25.2 Å². The van der Waals surface area contributed by atoms with Crippen LogP contribution >= 0.6 is 0 Å². The number of nitrogens with zero attached hydrogens (tertiary/aromatic N) is 1. The lowest BCUT2D eigenvalue weighted by molar-refractivity contribution is -0.136. The number of halogens is 1. The molecule has 2 aromatic rings. The molecular weight excluding hydrogens is 385 g/mol. The summed E-state index contributed by atoms with van der Waals surface area (Å²) in [6, 6.07) is 11.8. The molecule has 0 spiro atoms. The van der Waals surface area contributed by atoms with Gasteiger partial charge in [-0.05, 0) is 41.7 Å². The fraction of sp³-hybridized carbons (Fsp3) is 0.318. The van der Waals surface area contributed by atoms with Gasteiger partial charge in [0.1, 0.15) is 5.82 Å². The Bertz CT molecular complexity index is 976. The molecule has 7 nitrogen and oxygen atoms in total. The summed E-state index contributed by atoms with van der Waals surface area (Å²) < 4.78 is 13.9. The molecule has 2 amide bonds. The van der Waals surface area contributed by atoms with Gasteiger partial charge >= 0.3 is 11.8 Å². The van der Waals surface area contributed by atoms with E-state index in [1.807, 2.05) is 31.2 Å². The highest BCUT2D eigenvalue weighted by atomic mass is 19.1. The molecule has 0 radical (unpaired) electrons. The maximum atomic E-state index is 13.9. The molecule has 1 aliphatic carbocycles. The molecule has 158 valence electrons. The number of anilines is 1. The van der Waals surface area contributed by atoms with Crippen molar-refractivity contribution in [3.8, 4) is 0 Å². The highest BCUT2D eigenvalue weighted by Crippen LogP contribution is 2.35. The van der Waals surface area contributed by atoms with Crippen LogP contribution in [0.2, 0.25) is 0 Å². The molecule has 2 aromatic carbocycles. The molecule has 0 bridgehead atoms. The number of hydrogen-bond donors (Lipinski definition) is 4. The number of fused-ring (bicyclic) bond motifs is 1. The second-order valence-corrected chi connectivity index (χ2v) is 7.22. The molecule has 0 heterocycles. The average Bonchev–Trinajstić information content (AvgIpc) is 3.09. The SMILES string of the molecule is CCc1ccc(NC(=O)C(=O)N[C@H]2c3ccccc3C[C@@H]2CNC(N)=NC)cc1F. The molecule has 0 saturated heterocycles. The van der Waals surface area contributed by atoms with Gasteiger partial charge in [-0.25, -0.2) is 4.39 Å². The predicted molar refractivity (Wildman–Crippen MR) is 114 cm³/mol. The van der Waals surface area contributed by atoms with E-state index in [4.69, 9.17) is 5.73 Å². The number of nitrogens with one attached hydrogen (secondary N) is 3. The highest BCUT2D eigenvalue weighted by Gasteiger charge is 2.34. The van der Waals surface area contributed by atoms with Crippen LogP contribution in [0.1, 0.15) is 29.7 Å². The monoisotopic (exact) mass is 411 g/mol. The number of nitrogens with two attached hydrogens (primary N) is 1. The Morgan fingerprint density at radius 2 is 1.97 bits per heavy atom. The first-order chi connectivity index (χ1) is 14.4. The van der Waals surface area contributed by atoms with Gasteiger partial charge in [-0.1, -0.05) is 37.3 Å². The number of guanidine groups is 1. The number of aliphatic imine (C=N–C) groups is 1. The summed E-state index contributed by atoms with van der Waals surface area (Å²) >= 11 is 0. The van der Waals surface area contributed by atoms with E-state index in [-0.39, 0.29) is 17.6 Å². The third-order valence-electron chi connectivity index (χ3n) is 5.31. The third kappa shape index (κ3) is 4.76. The first-order valence-corrected chi connectivity index (χ1v) is 9.87. The van der Waals surface area contributed by atoms with E-state index in [9.17, 15) is 14.0 Å². The zero-order chi connectivity index (χ0) is 21.7. The quantitative estimate of drug-likeness (QED) is 0.342. The van der Waals surface area contributed by atoms with Gasteiger partial charge < -0.3 is 21.7 Å². The van der Waals surface area contributed by atoms with Crippen LogP contribution in [-0.2, 0) is 22.4 Å². The lowest BCUT2D eigenvalue weighted by Crippen LogP contribution is -2.43. The topological polar surface area (TPSA) is 109 Å². The van der Waals surface area contributed by atoms with E-state index in [0.29, 0.717) is 24.5 Å². The fourth-order valence-corrected chi connectivity index (χ4v) is 3.68. The second-order valence-electron chi connectivity index (χ2n) is 7.22. The van der Waals surface area contributed by atoms with Crippen LogP contribution in [0, 0.1) is 11.7 Å². The predicted octanol–water partition coefficient (Wildman–Crippen LogP) is 1.89. The van der Waals surface area contributed by atoms with Crippen LogP contribution in [0.4, 0.5) is 10.1 Å². The maximum Gasteiger partial charge on any atom is 0.313 e. The Hall–Kier alpha value is -3.42. The fourth-order valence-electron chi connectivity index (χ4n) is 3.68. The van der Waals surface area contributed by atoms with E-state index in [2.05, 4.69) is 20.9 Å². The van der Waals surface area contributed by atoms with Crippen LogP contribution in [0.5, 0.6) is 0 Å². The standard InChI is InChI=1S/C22H26FN5O2/c1-3-13-8-9-16(11-18(13)23)27-20(29)21(30)28-19-15(12-26-22(24)25-2)10-14-6-4-5-7-17(14)19/h4-9,11,15,19H,3,10,12H2,1-2H3,(H,27,29)(H,28,30)(H3,24,25,26)/t15-,19-/m1/s1. The molecule has 0 saturated carbocycles. The van der Waals surface area contributed by atoms with Crippen molar-refractivity contribution in [3.63, 3.8) is 0 Å². The Balaban J connectivity index is 1.70. The molecule has 0 unspecified atom stereocenters. The van der Waals surface area contributed by atoms with Gasteiger partial charge in [0.25, 0.3) is 0 Å². The number of rotatable bonds is 5. The van der Waals surface area contributed by atoms with Gasteiger partial charge in [0.05, 0.1) is 6.04 Å². The van der Waals surface area contributed by atoms with Crippen molar-refractivity contribution >= 4 is 23.5 Å². The van der Waals surface area contributed by atoms with E-state index in [1.54, 1.807) is 19.2 Å². The minimum atomic E-state index is -0.843. The molecule has 0 fully saturated rings. The van der Waals surface area contributed by atoms with Crippen molar-refractivity contribution < 1.29 is 14.0 Å². The van der Waals surface area contributed by atoms with Crippen molar-refractivity contribution in [1.29, 1.82) is 0 Å². The van der Waals surface area contributed by atoms with Crippen molar-refractivity contribution in [2.45, 2.75) is 25.8 Å². The smallest absolute Gasteiger partial charge is 0.313 e. The molecule has 1 aliphatic rings. The Labute approximate surface area is 175 Å². The molecule has 0 aliphatic heterocycles. The van der Waals surface area contributed by atoms with Gasteiger partial charge in [-0.2, -0.15) is 0 Å². The van der Waals surface area contributed by atoms with Gasteiger partial charge in [0.15, 0.2) is 5.96 Å². The molecule has 5 N–H and O–H groups in total. The van der Waals surface area contributed by atoms with Crippen LogP contribution in [0.15, 0.2) is 47.5 Å². The van der Waals surface area contributed by atoms with Crippen LogP contribution in [0.25, 0.3) is 0 Å². The normalized spacial score (nSPS) is 17.9. The largest absolute Gasteiger partial charge is 0.370 e. The van der Waals surface area contributed by atoms with E-state index in [0.717, 1.165) is 17.5 Å². The van der Waals surface area contributed by atoms with E-state index < -0.39 is 17.6 Å². The van der Waals surface area contributed by atoms with Gasteiger partial charge in [-0.15, -0.1) is 0 Å². The first kappa shape index (κ1) is 21.3. The summed E-state index contributed by atoms with van der Waals surface area (Å²) in [4.78, 5) is 28.9. The van der Waals surface area contributed by atoms with Crippen molar-refractivity contribution in [2.75, 3.05) is 18.9 Å². The molecule has 3 rings (SSSR count). The maximum absolute atomic E-state index is 13.9. The zero-order valence-electron chi connectivity index (χ0n) is 17.0. The molecule has 0 aromatic heterocycles. The summed E-state index contributed by atoms with van der Waals surface area (Å²) in [5.41, 5.74) is 8.59. The summed E-state index contributed by atoms with van der Waals surface area (Å²) in [5, 5.41) is 8.31. The van der Waals surface area contributed by atoms with E-state index >= 15 is 0 Å². The molecule has 30 heavy (non-hydrogen) atoms. The molecule has 2 atom stereocenters. The number of aryl methyl sites for hydroxylation is 1. The Kier molecular flexibility index (Phi) is 6.66. The minimum Gasteiger partial charge on any atom is -0.370 e. The van der Waals surface area contributed by atoms with Gasteiger partial charge in [-0.3, -0.25) is 14.6 Å². The lowest BCUT2D eigenvalue weighted by Gasteiger charge is -2.22. The number of amides is 2. The molecular formula is C22H26FN5O2. The summed E-state index contributed by atoms with van der Waals surface area (Å²) in [5.74, 6) is -1.73. The minimum absolute atomic E-state index is 0.000678. The average molecular weight is 411 g/mol.